The molecule has 6 heteroatoms. The maximum absolute atomic E-state index is 11.3. The lowest BCUT2D eigenvalue weighted by atomic mass is 10.2. The minimum absolute atomic E-state index is 0. The van der Waals surface area contributed by atoms with E-state index in [0.29, 0.717) is 16.4 Å². The van der Waals surface area contributed by atoms with Crippen LogP contribution in [0.3, 0.4) is 0 Å². The zero-order valence-electron chi connectivity index (χ0n) is 8.52. The molecule has 0 unspecified atom stereocenters. The summed E-state index contributed by atoms with van der Waals surface area (Å²) in [6, 6.07) is 0. The van der Waals surface area contributed by atoms with E-state index in [9.17, 15) is 4.79 Å². The number of methoxy groups -OCH3 is 1. The van der Waals surface area contributed by atoms with Crippen LogP contribution in [0.5, 0.6) is 0 Å². The number of carbonyl (C=O) groups is 1. The molecule has 0 fully saturated rings. The number of aromatic nitrogens is 1. The van der Waals surface area contributed by atoms with Crippen molar-refractivity contribution in [3.8, 4) is 0 Å². The third-order valence-electron chi connectivity index (χ3n) is 1.61. The highest BCUT2D eigenvalue weighted by molar-refractivity contribution is 7.13. The summed E-state index contributed by atoms with van der Waals surface area (Å²) in [5.41, 5.74) is 6.54. The third kappa shape index (κ3) is 3.53. The Balaban J connectivity index is 0.00000196. The van der Waals surface area contributed by atoms with Gasteiger partial charge in [-0.15, -0.1) is 23.7 Å². The fourth-order valence-electron chi connectivity index (χ4n) is 1.02. The topological polar surface area (TPSA) is 65.2 Å². The Morgan fingerprint density at radius 3 is 2.80 bits per heavy atom. The van der Waals surface area contributed by atoms with Crippen LogP contribution in [0.4, 0.5) is 5.13 Å². The van der Waals surface area contributed by atoms with Crippen LogP contribution < -0.4 is 5.73 Å². The first-order valence-electron chi connectivity index (χ1n) is 4.18. The van der Waals surface area contributed by atoms with Crippen molar-refractivity contribution in [1.29, 1.82) is 0 Å². The van der Waals surface area contributed by atoms with E-state index in [-0.39, 0.29) is 18.4 Å². The number of anilines is 1. The quantitative estimate of drug-likeness (QED) is 0.657. The van der Waals surface area contributed by atoms with E-state index >= 15 is 0 Å². The van der Waals surface area contributed by atoms with Crippen molar-refractivity contribution in [2.75, 3.05) is 12.8 Å². The second-order valence-electron chi connectivity index (χ2n) is 2.59. The normalized spacial score (nSPS) is 10.7. The van der Waals surface area contributed by atoms with Crippen molar-refractivity contribution in [1.82, 2.24) is 4.98 Å². The Morgan fingerprint density at radius 1 is 1.73 bits per heavy atom. The van der Waals surface area contributed by atoms with Gasteiger partial charge in [0.15, 0.2) is 5.13 Å². The monoisotopic (exact) mass is 248 g/mol. The first kappa shape index (κ1) is 13.9. The van der Waals surface area contributed by atoms with Gasteiger partial charge in [0.25, 0.3) is 0 Å². The first-order chi connectivity index (χ1) is 6.69. The van der Waals surface area contributed by atoms with Gasteiger partial charge >= 0.3 is 5.97 Å². The molecule has 0 saturated heterocycles. The summed E-state index contributed by atoms with van der Waals surface area (Å²) in [4.78, 5) is 15.4. The summed E-state index contributed by atoms with van der Waals surface area (Å²) < 4.78 is 4.65. The molecule has 1 aromatic heterocycles. The number of esters is 1. The molecule has 0 aliphatic carbocycles. The van der Waals surface area contributed by atoms with Crippen molar-refractivity contribution in [3.63, 3.8) is 0 Å². The second kappa shape index (κ2) is 6.42. The molecule has 0 aliphatic heterocycles. The van der Waals surface area contributed by atoms with Crippen molar-refractivity contribution < 1.29 is 9.53 Å². The minimum atomic E-state index is -0.378. The highest BCUT2D eigenvalue weighted by atomic mass is 35.5. The molecule has 0 saturated carbocycles. The number of hydrogen-bond acceptors (Lipinski definition) is 5. The lowest BCUT2D eigenvalue weighted by Crippen LogP contribution is -2.04. The maximum Gasteiger partial charge on any atom is 0.339 e. The summed E-state index contributed by atoms with van der Waals surface area (Å²) in [5.74, 6) is -0.378. The third-order valence-corrected chi connectivity index (χ3v) is 2.29. The van der Waals surface area contributed by atoms with Gasteiger partial charge < -0.3 is 10.5 Å². The highest BCUT2D eigenvalue weighted by Gasteiger charge is 2.14. The number of nitrogens with zero attached hydrogens (tertiary/aromatic N) is 1. The molecule has 0 amide bonds. The average molecular weight is 249 g/mol. The van der Waals surface area contributed by atoms with Gasteiger partial charge in [0.05, 0.1) is 18.4 Å². The fourth-order valence-corrected chi connectivity index (χ4v) is 1.58. The van der Waals surface area contributed by atoms with Gasteiger partial charge in [-0.25, -0.2) is 9.78 Å². The van der Waals surface area contributed by atoms with Gasteiger partial charge in [0, 0.05) is 5.38 Å². The lowest BCUT2D eigenvalue weighted by molar-refractivity contribution is -0.133. The fraction of sp³-hybridized carbons (Fsp3) is 0.333. The largest absolute Gasteiger partial charge is 0.465 e. The summed E-state index contributed by atoms with van der Waals surface area (Å²) >= 11 is 1.30. The number of nitrogens with two attached hydrogens (primary N) is 1. The van der Waals surface area contributed by atoms with Crippen molar-refractivity contribution in [2.45, 2.75) is 13.3 Å². The maximum atomic E-state index is 11.3. The molecule has 0 aromatic carbocycles. The number of carbonyl (C=O) groups excluding carboxylic acids is 1. The van der Waals surface area contributed by atoms with E-state index in [4.69, 9.17) is 5.73 Å². The van der Waals surface area contributed by atoms with Gasteiger partial charge in [0.2, 0.25) is 0 Å². The van der Waals surface area contributed by atoms with Crippen LogP contribution in [0.15, 0.2) is 11.5 Å². The van der Waals surface area contributed by atoms with E-state index < -0.39 is 0 Å². The van der Waals surface area contributed by atoms with Gasteiger partial charge in [0.1, 0.15) is 0 Å². The Morgan fingerprint density at radius 2 is 2.40 bits per heavy atom. The van der Waals surface area contributed by atoms with Crippen LogP contribution >= 0.6 is 23.7 Å². The lowest BCUT2D eigenvalue weighted by Gasteiger charge is -2.00. The zero-order valence-corrected chi connectivity index (χ0v) is 10.2. The summed E-state index contributed by atoms with van der Waals surface area (Å²) in [6.07, 6.45) is 2.53. The Kier molecular flexibility index (Phi) is 5.96. The van der Waals surface area contributed by atoms with E-state index in [1.807, 2.05) is 6.92 Å². The van der Waals surface area contributed by atoms with Crippen LogP contribution in [0, 0.1) is 0 Å². The van der Waals surface area contributed by atoms with Gasteiger partial charge in [-0.3, -0.25) is 0 Å². The summed E-state index contributed by atoms with van der Waals surface area (Å²) in [5, 5.41) is 2.19. The molecule has 0 radical (unpaired) electrons. The Hall–Kier alpha value is -1.07. The molecular weight excluding hydrogens is 236 g/mol. The van der Waals surface area contributed by atoms with Gasteiger partial charge in [-0.1, -0.05) is 13.0 Å². The molecule has 1 aromatic rings. The van der Waals surface area contributed by atoms with Crippen molar-refractivity contribution in [2.24, 2.45) is 0 Å². The SMILES string of the molecule is CC/C=C(/C(=O)OC)c1csc(N)n1.Cl. The molecule has 4 nitrogen and oxygen atoms in total. The van der Waals surface area contributed by atoms with Crippen LogP contribution in [-0.2, 0) is 9.53 Å². The van der Waals surface area contributed by atoms with E-state index in [1.165, 1.54) is 18.4 Å². The predicted octanol–water partition coefficient (Wildman–Crippen LogP) is 2.11. The number of ether oxygens (including phenoxy) is 1. The van der Waals surface area contributed by atoms with E-state index in [1.54, 1.807) is 11.5 Å². The second-order valence-corrected chi connectivity index (χ2v) is 3.48. The molecule has 15 heavy (non-hydrogen) atoms. The number of hydrogen-bond donors (Lipinski definition) is 1. The molecular formula is C9H13ClN2O2S. The molecule has 0 atom stereocenters. The molecule has 1 rings (SSSR count). The van der Waals surface area contributed by atoms with Crippen molar-refractivity contribution >= 4 is 40.4 Å². The van der Waals surface area contributed by atoms with Crippen molar-refractivity contribution in [3.05, 3.63) is 17.2 Å². The van der Waals surface area contributed by atoms with Crippen LogP contribution in [-0.4, -0.2) is 18.1 Å². The smallest absolute Gasteiger partial charge is 0.339 e. The number of halogens is 1. The van der Waals surface area contributed by atoms with Crippen LogP contribution in [0.25, 0.3) is 5.57 Å². The molecule has 84 valence electrons. The predicted molar refractivity (Wildman–Crippen MR) is 64.1 cm³/mol. The van der Waals surface area contributed by atoms with E-state index in [2.05, 4.69) is 9.72 Å². The zero-order chi connectivity index (χ0) is 10.6. The molecule has 0 bridgehead atoms. The molecule has 1 heterocycles. The number of allylic oxidation sites excluding steroid dienone is 1. The molecule has 0 spiro atoms. The summed E-state index contributed by atoms with van der Waals surface area (Å²) in [6.45, 7) is 1.94. The highest BCUT2D eigenvalue weighted by Crippen LogP contribution is 2.20. The van der Waals surface area contributed by atoms with E-state index in [0.717, 1.165) is 6.42 Å². The standard InChI is InChI=1S/C9H12N2O2S.ClH/c1-3-4-6(8(12)13-2)7-5-14-9(10)11-7;/h4-5H,3H2,1-2H3,(H2,10,11);1H/b6-4+;. The Bertz CT molecular complexity index is 363. The molecule has 2 N–H and O–H groups in total. The summed E-state index contributed by atoms with van der Waals surface area (Å²) in [7, 11) is 1.35. The average Bonchev–Trinajstić information content (AvgIpc) is 2.60. The van der Waals surface area contributed by atoms with Gasteiger partial charge in [-0.2, -0.15) is 0 Å². The minimum Gasteiger partial charge on any atom is -0.465 e. The number of rotatable bonds is 3. The number of thiazole rings is 1. The van der Waals surface area contributed by atoms with Crippen LogP contribution in [0.2, 0.25) is 0 Å². The number of nitrogen functional groups attached to an aromatic ring is 1. The molecule has 0 aliphatic rings. The van der Waals surface area contributed by atoms with Crippen LogP contribution in [0.1, 0.15) is 19.0 Å². The Labute approximate surface area is 98.6 Å². The first-order valence-corrected chi connectivity index (χ1v) is 5.06. The van der Waals surface area contributed by atoms with Gasteiger partial charge in [-0.05, 0) is 6.42 Å².